The van der Waals surface area contributed by atoms with Crippen LogP contribution in [0.25, 0.3) is 0 Å². The largest absolute Gasteiger partial charge is 0.480 e. The number of halogens is 1. The van der Waals surface area contributed by atoms with Crippen LogP contribution in [0, 0.1) is 0 Å². The van der Waals surface area contributed by atoms with E-state index in [4.69, 9.17) is 10.8 Å². The first-order valence-electron chi connectivity index (χ1n) is 2.35. The maximum absolute atomic E-state index is 10.2. The van der Waals surface area contributed by atoms with Gasteiger partial charge in [0.15, 0.2) is 0 Å². The van der Waals surface area contributed by atoms with E-state index in [2.05, 4.69) is 5.32 Å². The van der Waals surface area contributed by atoms with Crippen LogP contribution in [-0.4, -0.2) is 30.1 Å². The molecule has 0 aliphatic heterocycles. The van der Waals surface area contributed by atoms with E-state index in [1.807, 2.05) is 0 Å². The molecule has 0 aromatic carbocycles. The van der Waals surface area contributed by atoms with Crippen LogP contribution in [0.15, 0.2) is 0 Å². The minimum Gasteiger partial charge on any atom is -0.480 e. The third-order valence-electron chi connectivity index (χ3n) is 0.622. The highest BCUT2D eigenvalue weighted by molar-refractivity contribution is 14.0. The van der Waals surface area contributed by atoms with Gasteiger partial charge in [0, 0.05) is 0 Å². The molecule has 0 aromatic rings. The fourth-order valence-corrected chi connectivity index (χ4v) is 0.246. The average molecular weight is 260 g/mol. The summed E-state index contributed by atoms with van der Waals surface area (Å²) in [6.07, 6.45) is 0. The molecule has 1 amide bonds. The summed E-state index contributed by atoms with van der Waals surface area (Å²) in [5.74, 6) is -1.53. The van der Waals surface area contributed by atoms with Crippen molar-refractivity contribution in [3.8, 4) is 0 Å². The summed E-state index contributed by atoms with van der Waals surface area (Å²) >= 11 is 0. The molecular formula is C4H9IN2O3. The molecule has 0 radical (unpaired) electrons. The summed E-state index contributed by atoms with van der Waals surface area (Å²) in [7, 11) is 0. The van der Waals surface area contributed by atoms with E-state index in [0.717, 1.165) is 0 Å². The monoisotopic (exact) mass is 260 g/mol. The van der Waals surface area contributed by atoms with Crippen molar-refractivity contribution in [3.63, 3.8) is 0 Å². The minimum atomic E-state index is -1.07. The van der Waals surface area contributed by atoms with E-state index in [0.29, 0.717) is 0 Å². The molecule has 10 heavy (non-hydrogen) atoms. The Morgan fingerprint density at radius 1 is 1.50 bits per heavy atom. The Morgan fingerprint density at radius 2 is 2.00 bits per heavy atom. The number of amides is 1. The first-order chi connectivity index (χ1) is 4.16. The second-order valence-electron chi connectivity index (χ2n) is 1.37. The molecule has 5 nitrogen and oxygen atoms in total. The molecule has 0 rings (SSSR count). The van der Waals surface area contributed by atoms with Crippen molar-refractivity contribution < 1.29 is 14.7 Å². The first kappa shape index (κ1) is 12.3. The van der Waals surface area contributed by atoms with Crippen LogP contribution in [0.4, 0.5) is 0 Å². The molecule has 0 unspecified atom stereocenters. The van der Waals surface area contributed by atoms with Crippen LogP contribution >= 0.6 is 24.0 Å². The van der Waals surface area contributed by atoms with Gasteiger partial charge in [-0.1, -0.05) is 0 Å². The van der Waals surface area contributed by atoms with Crippen LogP contribution in [0.5, 0.6) is 0 Å². The lowest BCUT2D eigenvalue weighted by Gasteiger charge is -1.95. The van der Waals surface area contributed by atoms with E-state index in [9.17, 15) is 9.59 Å². The summed E-state index contributed by atoms with van der Waals surface area (Å²) in [6.45, 7) is -0.538. The highest BCUT2D eigenvalue weighted by atomic mass is 127. The summed E-state index contributed by atoms with van der Waals surface area (Å²) in [5.41, 5.74) is 4.85. The molecule has 0 fully saturated rings. The Balaban J connectivity index is 0. The Hall–Kier alpha value is -0.370. The van der Waals surface area contributed by atoms with E-state index in [-0.39, 0.29) is 37.1 Å². The number of carbonyl (C=O) groups excluding carboxylic acids is 1. The van der Waals surface area contributed by atoms with Gasteiger partial charge in [-0.05, 0) is 0 Å². The molecule has 0 aliphatic carbocycles. The lowest BCUT2D eigenvalue weighted by Crippen LogP contribution is -2.34. The van der Waals surface area contributed by atoms with Gasteiger partial charge in [0.2, 0.25) is 5.91 Å². The lowest BCUT2D eigenvalue weighted by atomic mass is 10.5. The van der Waals surface area contributed by atoms with Crippen molar-refractivity contribution in [2.24, 2.45) is 5.73 Å². The van der Waals surface area contributed by atoms with Crippen molar-refractivity contribution >= 4 is 35.9 Å². The van der Waals surface area contributed by atoms with Gasteiger partial charge in [-0.3, -0.25) is 9.59 Å². The Labute approximate surface area is 75.0 Å². The zero-order valence-corrected chi connectivity index (χ0v) is 7.49. The zero-order valence-electron chi connectivity index (χ0n) is 5.16. The number of nitrogens with two attached hydrogens (primary N) is 1. The summed E-state index contributed by atoms with van der Waals surface area (Å²) in [4.78, 5) is 20.0. The minimum absolute atomic E-state index is 0. The topological polar surface area (TPSA) is 92.4 Å². The van der Waals surface area contributed by atoms with Gasteiger partial charge in [-0.2, -0.15) is 0 Å². The quantitative estimate of drug-likeness (QED) is 0.553. The van der Waals surface area contributed by atoms with Crippen molar-refractivity contribution in [1.29, 1.82) is 0 Å². The van der Waals surface area contributed by atoms with Crippen LogP contribution in [0.1, 0.15) is 0 Å². The van der Waals surface area contributed by atoms with Gasteiger partial charge in [-0.25, -0.2) is 0 Å². The Bertz CT molecular complexity index is 128. The van der Waals surface area contributed by atoms with Crippen molar-refractivity contribution in [2.75, 3.05) is 13.1 Å². The summed E-state index contributed by atoms with van der Waals surface area (Å²) < 4.78 is 0. The molecule has 6 heteroatoms. The molecule has 60 valence electrons. The summed E-state index contributed by atoms with van der Waals surface area (Å²) in [5, 5.41) is 10.1. The number of rotatable bonds is 3. The maximum Gasteiger partial charge on any atom is 0.322 e. The van der Waals surface area contributed by atoms with E-state index < -0.39 is 11.9 Å². The van der Waals surface area contributed by atoms with Gasteiger partial charge in [-0.15, -0.1) is 24.0 Å². The van der Waals surface area contributed by atoms with Gasteiger partial charge in [0.25, 0.3) is 0 Å². The fraction of sp³-hybridized carbons (Fsp3) is 0.500. The molecular weight excluding hydrogens is 251 g/mol. The molecule has 0 aromatic heterocycles. The van der Waals surface area contributed by atoms with Crippen molar-refractivity contribution in [2.45, 2.75) is 0 Å². The third kappa shape index (κ3) is 7.63. The van der Waals surface area contributed by atoms with Gasteiger partial charge in [0.1, 0.15) is 6.54 Å². The molecule has 0 spiro atoms. The standard InChI is InChI=1S/C4H8N2O3.HI/c5-1-3(7)6-2-4(8)9;/h1-2,5H2,(H,6,7)(H,8,9);1H. The smallest absolute Gasteiger partial charge is 0.322 e. The van der Waals surface area contributed by atoms with Crippen molar-refractivity contribution in [3.05, 3.63) is 0 Å². The molecule has 0 aliphatic rings. The molecule has 0 saturated heterocycles. The van der Waals surface area contributed by atoms with E-state index >= 15 is 0 Å². The maximum atomic E-state index is 10.2. The highest BCUT2D eigenvalue weighted by Gasteiger charge is 1.98. The van der Waals surface area contributed by atoms with Crippen molar-refractivity contribution in [1.82, 2.24) is 5.32 Å². The third-order valence-corrected chi connectivity index (χ3v) is 0.622. The predicted octanol–water partition coefficient (Wildman–Crippen LogP) is -1.24. The average Bonchev–Trinajstić information content (AvgIpc) is 1.83. The number of carbonyl (C=O) groups is 2. The summed E-state index contributed by atoms with van der Waals surface area (Å²) in [6, 6.07) is 0. The fourth-order valence-electron chi connectivity index (χ4n) is 0.246. The normalized spacial score (nSPS) is 7.70. The number of carboxylic acid groups (broad SMARTS) is 1. The van der Waals surface area contributed by atoms with Gasteiger partial charge in [0.05, 0.1) is 6.54 Å². The molecule has 4 N–H and O–H groups in total. The zero-order chi connectivity index (χ0) is 7.28. The first-order valence-corrected chi connectivity index (χ1v) is 2.35. The SMILES string of the molecule is I.NCC(=O)NCC(=O)O. The Morgan fingerprint density at radius 3 is 2.30 bits per heavy atom. The Kier molecular flexibility index (Phi) is 8.31. The van der Waals surface area contributed by atoms with Crippen LogP contribution in [-0.2, 0) is 9.59 Å². The number of carboxylic acids is 1. The number of nitrogens with one attached hydrogen (secondary N) is 1. The van der Waals surface area contributed by atoms with E-state index in [1.54, 1.807) is 0 Å². The molecule has 0 saturated carbocycles. The predicted molar refractivity (Wildman–Crippen MR) is 45.1 cm³/mol. The molecule has 0 heterocycles. The lowest BCUT2D eigenvalue weighted by molar-refractivity contribution is -0.137. The van der Waals surface area contributed by atoms with Crippen LogP contribution < -0.4 is 11.1 Å². The second-order valence-corrected chi connectivity index (χ2v) is 1.37. The number of aliphatic carboxylic acids is 1. The van der Waals surface area contributed by atoms with Gasteiger partial charge < -0.3 is 16.2 Å². The highest BCUT2D eigenvalue weighted by Crippen LogP contribution is 1.60. The molecule has 0 atom stereocenters. The van der Waals surface area contributed by atoms with Crippen LogP contribution in [0.3, 0.4) is 0 Å². The molecule has 0 bridgehead atoms. The van der Waals surface area contributed by atoms with E-state index in [1.165, 1.54) is 0 Å². The number of hydrogen-bond acceptors (Lipinski definition) is 3. The number of hydrogen-bond donors (Lipinski definition) is 3. The van der Waals surface area contributed by atoms with Gasteiger partial charge >= 0.3 is 5.97 Å². The van der Waals surface area contributed by atoms with Crippen LogP contribution in [0.2, 0.25) is 0 Å². The second kappa shape index (κ2) is 6.75.